The van der Waals surface area contributed by atoms with Crippen LogP contribution in [0.4, 0.5) is 35.1 Å². The van der Waals surface area contributed by atoms with Crippen molar-refractivity contribution >= 4 is 46.3 Å². The molecular weight excluding hydrogens is 450 g/mol. The van der Waals surface area contributed by atoms with Gasteiger partial charge in [-0.1, -0.05) is 29.3 Å². The van der Waals surface area contributed by atoms with Crippen molar-refractivity contribution in [3.63, 3.8) is 0 Å². The van der Waals surface area contributed by atoms with Crippen LogP contribution in [0.15, 0.2) is 30.3 Å². The van der Waals surface area contributed by atoms with Crippen LogP contribution in [0.25, 0.3) is 0 Å². The normalized spacial score (nSPS) is 11.1. The number of rotatable bonds is 3. The molecule has 0 saturated carbocycles. The second kappa shape index (κ2) is 7.87. The molecule has 0 nitrogen and oxygen atoms in total. The molecule has 0 atom stereocenters. The Morgan fingerprint density at radius 2 is 0.828 bits per heavy atom. The van der Waals surface area contributed by atoms with E-state index in [2.05, 4.69) is 0 Å². The minimum atomic E-state index is -2.47. The highest BCUT2D eigenvalue weighted by Gasteiger charge is 2.39. The summed E-state index contributed by atoms with van der Waals surface area (Å²) in [4.78, 5) is 0. The van der Waals surface area contributed by atoms with Gasteiger partial charge in [-0.25, -0.2) is 35.1 Å². The molecule has 29 heavy (non-hydrogen) atoms. The van der Waals surface area contributed by atoms with E-state index in [1.807, 2.05) is 0 Å². The smallest absolute Gasteiger partial charge is 0.204 e. The summed E-state index contributed by atoms with van der Waals surface area (Å²) in [5.41, 5.74) is -3.76. The van der Waals surface area contributed by atoms with Crippen molar-refractivity contribution < 1.29 is 35.1 Å². The lowest BCUT2D eigenvalue weighted by Gasteiger charge is -2.21. The van der Waals surface area contributed by atoms with Gasteiger partial charge in [0.15, 0.2) is 46.5 Å². The van der Waals surface area contributed by atoms with Crippen LogP contribution in [0, 0.1) is 46.5 Å². The first kappa shape index (κ1) is 21.5. The standard InChI is InChI=1S/C18H5BCl2F8/c20-6-2-1-3-7(21)12(6)19(13-15(26)8(22)4-9(23)16(13)27)14-17(28)10(24)5-11(25)18(14)29/h1-5H. The van der Waals surface area contributed by atoms with Gasteiger partial charge >= 0.3 is 0 Å². The van der Waals surface area contributed by atoms with Gasteiger partial charge in [-0.05, 0) is 17.6 Å². The van der Waals surface area contributed by atoms with Crippen LogP contribution in [0.3, 0.4) is 0 Å². The SMILES string of the molecule is Fc1cc(F)c(F)c(B(c2c(Cl)cccc2Cl)c2c(F)c(F)cc(F)c2F)c1F. The zero-order valence-corrected chi connectivity index (χ0v) is 15.3. The fourth-order valence-corrected chi connectivity index (χ4v) is 3.53. The van der Waals surface area contributed by atoms with Crippen molar-refractivity contribution in [2.75, 3.05) is 0 Å². The molecule has 0 saturated heterocycles. The zero-order valence-electron chi connectivity index (χ0n) is 13.7. The molecule has 3 rings (SSSR count). The number of hydrogen-bond donors (Lipinski definition) is 0. The molecule has 0 aromatic heterocycles. The van der Waals surface area contributed by atoms with E-state index in [9.17, 15) is 35.1 Å². The van der Waals surface area contributed by atoms with Crippen LogP contribution in [0.2, 0.25) is 10.0 Å². The Morgan fingerprint density at radius 3 is 1.14 bits per heavy atom. The van der Waals surface area contributed by atoms with Gasteiger partial charge in [0, 0.05) is 33.1 Å². The minimum absolute atomic E-state index is 0.141. The fraction of sp³-hybridized carbons (Fsp3) is 0. The predicted octanol–water partition coefficient (Wildman–Crippen LogP) is 4.62. The van der Waals surface area contributed by atoms with E-state index in [1.165, 1.54) is 6.07 Å². The first-order valence-corrected chi connectivity index (χ1v) is 8.41. The highest BCUT2D eigenvalue weighted by atomic mass is 35.5. The van der Waals surface area contributed by atoms with E-state index < -0.39 is 79.7 Å². The Morgan fingerprint density at radius 1 is 0.517 bits per heavy atom. The van der Waals surface area contributed by atoms with Gasteiger partial charge in [0.2, 0.25) is 0 Å². The number of halogens is 10. The summed E-state index contributed by atoms with van der Waals surface area (Å²) in [5.74, 6) is -15.8. The van der Waals surface area contributed by atoms with E-state index >= 15 is 0 Å². The average Bonchev–Trinajstić information content (AvgIpc) is 2.64. The van der Waals surface area contributed by atoms with Gasteiger partial charge in [0.25, 0.3) is 6.71 Å². The summed E-state index contributed by atoms with van der Waals surface area (Å²) in [7, 11) is 0. The molecular formula is C18H5BCl2F8. The lowest BCUT2D eigenvalue weighted by molar-refractivity contribution is 0.460. The van der Waals surface area contributed by atoms with E-state index in [4.69, 9.17) is 23.2 Å². The molecule has 0 bridgehead atoms. The summed E-state index contributed by atoms with van der Waals surface area (Å²) in [5, 5.41) is -0.871. The average molecular weight is 455 g/mol. The van der Waals surface area contributed by atoms with Gasteiger partial charge in [-0.15, -0.1) is 0 Å². The highest BCUT2D eigenvalue weighted by Crippen LogP contribution is 2.20. The molecule has 3 aromatic rings. The third-order valence-corrected chi connectivity index (χ3v) is 4.82. The molecule has 0 spiro atoms. The van der Waals surface area contributed by atoms with Crippen LogP contribution in [0.5, 0.6) is 0 Å². The van der Waals surface area contributed by atoms with Crippen molar-refractivity contribution in [3.05, 3.63) is 86.9 Å². The Hall–Kier alpha value is -2.26. The maximum Gasteiger partial charge on any atom is 0.260 e. The Balaban J connectivity index is 2.55. The summed E-state index contributed by atoms with van der Waals surface area (Å²) in [6.07, 6.45) is 0. The van der Waals surface area contributed by atoms with Crippen LogP contribution in [-0.2, 0) is 0 Å². The maximum absolute atomic E-state index is 14.5. The maximum atomic E-state index is 14.5. The second-order valence-corrected chi connectivity index (χ2v) is 6.65. The zero-order chi connectivity index (χ0) is 21.6. The minimum Gasteiger partial charge on any atom is -0.204 e. The summed E-state index contributed by atoms with van der Waals surface area (Å²) in [6.45, 7) is -2.47. The first-order chi connectivity index (χ1) is 13.6. The lowest BCUT2D eigenvalue weighted by atomic mass is 9.36. The molecule has 11 heteroatoms. The highest BCUT2D eigenvalue weighted by molar-refractivity contribution is 6.97. The molecule has 0 aliphatic heterocycles. The van der Waals surface area contributed by atoms with E-state index in [0.717, 1.165) is 12.1 Å². The van der Waals surface area contributed by atoms with Crippen LogP contribution < -0.4 is 16.4 Å². The molecule has 0 heterocycles. The summed E-state index contributed by atoms with van der Waals surface area (Å²) >= 11 is 11.9. The van der Waals surface area contributed by atoms with Gasteiger partial charge in [0.05, 0.1) is 0 Å². The van der Waals surface area contributed by atoms with Crippen LogP contribution >= 0.6 is 23.2 Å². The van der Waals surface area contributed by atoms with Gasteiger partial charge < -0.3 is 0 Å². The molecule has 0 N–H and O–H groups in total. The third-order valence-electron chi connectivity index (χ3n) is 4.16. The van der Waals surface area contributed by atoms with Crippen molar-refractivity contribution in [1.29, 1.82) is 0 Å². The predicted molar refractivity (Wildman–Crippen MR) is 93.7 cm³/mol. The largest absolute Gasteiger partial charge is 0.260 e. The van der Waals surface area contributed by atoms with E-state index in [1.54, 1.807) is 0 Å². The van der Waals surface area contributed by atoms with Crippen LogP contribution in [-0.4, -0.2) is 6.71 Å². The Bertz CT molecular complexity index is 1000. The number of hydrogen-bond acceptors (Lipinski definition) is 0. The van der Waals surface area contributed by atoms with Crippen molar-refractivity contribution in [1.82, 2.24) is 0 Å². The van der Waals surface area contributed by atoms with Crippen molar-refractivity contribution in [2.45, 2.75) is 0 Å². The van der Waals surface area contributed by atoms with Gasteiger partial charge in [-0.3, -0.25) is 0 Å². The summed E-state index contributed by atoms with van der Waals surface area (Å²) < 4.78 is 113. The van der Waals surface area contributed by atoms with E-state index in [-0.39, 0.29) is 12.1 Å². The van der Waals surface area contributed by atoms with Crippen molar-refractivity contribution in [3.8, 4) is 0 Å². The monoisotopic (exact) mass is 454 g/mol. The number of benzene rings is 3. The first-order valence-electron chi connectivity index (χ1n) is 7.65. The van der Waals surface area contributed by atoms with Gasteiger partial charge in [-0.2, -0.15) is 0 Å². The summed E-state index contributed by atoms with van der Waals surface area (Å²) in [6, 6.07) is 3.15. The molecule has 150 valence electrons. The van der Waals surface area contributed by atoms with E-state index in [0.29, 0.717) is 0 Å². The topological polar surface area (TPSA) is 0 Å². The van der Waals surface area contributed by atoms with Gasteiger partial charge in [0.1, 0.15) is 0 Å². The molecule has 0 aliphatic carbocycles. The van der Waals surface area contributed by atoms with Crippen LogP contribution in [0.1, 0.15) is 0 Å². The molecule has 0 unspecified atom stereocenters. The quantitative estimate of drug-likeness (QED) is 0.308. The lowest BCUT2D eigenvalue weighted by Crippen LogP contribution is -2.58. The van der Waals surface area contributed by atoms with Crippen molar-refractivity contribution in [2.24, 2.45) is 0 Å². The Labute approximate surface area is 168 Å². The third kappa shape index (κ3) is 3.57. The molecule has 3 aromatic carbocycles. The Kier molecular flexibility index (Phi) is 5.82. The second-order valence-electron chi connectivity index (χ2n) is 5.83. The molecule has 0 aliphatic rings. The molecule has 0 radical (unpaired) electrons. The fourth-order valence-electron chi connectivity index (χ4n) is 2.91. The molecule has 0 fully saturated rings. The molecule has 0 amide bonds.